The SMILES string of the molecule is Cc1nc(C(C)C)sc1C(=O)NC[C@@H]1CCN(c2ccccc2F)C1. The molecule has 1 amide bonds. The molecule has 134 valence electrons. The molecule has 0 spiro atoms. The molecule has 2 heterocycles. The van der Waals surface area contributed by atoms with Crippen LogP contribution in [0, 0.1) is 18.7 Å². The summed E-state index contributed by atoms with van der Waals surface area (Å²) in [6, 6.07) is 6.86. The number of aromatic nitrogens is 1. The van der Waals surface area contributed by atoms with Gasteiger partial charge >= 0.3 is 0 Å². The van der Waals surface area contributed by atoms with Crippen molar-refractivity contribution in [3.63, 3.8) is 0 Å². The largest absolute Gasteiger partial charge is 0.369 e. The normalized spacial score (nSPS) is 17.3. The molecule has 6 heteroatoms. The maximum Gasteiger partial charge on any atom is 0.263 e. The predicted octanol–water partition coefficient (Wildman–Crippen LogP) is 3.97. The molecule has 0 bridgehead atoms. The molecule has 25 heavy (non-hydrogen) atoms. The van der Waals surface area contributed by atoms with Crippen LogP contribution in [0.1, 0.15) is 46.6 Å². The number of amides is 1. The number of para-hydroxylation sites is 1. The summed E-state index contributed by atoms with van der Waals surface area (Å²) < 4.78 is 13.9. The average Bonchev–Trinajstić information content (AvgIpc) is 3.20. The van der Waals surface area contributed by atoms with Gasteiger partial charge < -0.3 is 10.2 Å². The summed E-state index contributed by atoms with van der Waals surface area (Å²) in [7, 11) is 0. The van der Waals surface area contributed by atoms with Gasteiger partial charge in [0.25, 0.3) is 5.91 Å². The van der Waals surface area contributed by atoms with Crippen LogP contribution in [0.15, 0.2) is 24.3 Å². The van der Waals surface area contributed by atoms with E-state index in [2.05, 4.69) is 29.0 Å². The zero-order chi connectivity index (χ0) is 18.0. The fraction of sp³-hybridized carbons (Fsp3) is 0.474. The van der Waals surface area contributed by atoms with E-state index in [0.717, 1.165) is 30.2 Å². The Balaban J connectivity index is 1.56. The third-order valence-electron chi connectivity index (χ3n) is 4.54. The van der Waals surface area contributed by atoms with Gasteiger partial charge in [0.15, 0.2) is 0 Å². The molecule has 1 aromatic carbocycles. The van der Waals surface area contributed by atoms with Crippen molar-refractivity contribution in [3.8, 4) is 0 Å². The lowest BCUT2D eigenvalue weighted by atomic mass is 10.1. The van der Waals surface area contributed by atoms with Gasteiger partial charge in [-0.2, -0.15) is 0 Å². The van der Waals surface area contributed by atoms with Crippen LogP contribution in [0.3, 0.4) is 0 Å². The highest BCUT2D eigenvalue weighted by Gasteiger charge is 2.25. The van der Waals surface area contributed by atoms with E-state index in [1.807, 2.05) is 19.1 Å². The average molecular weight is 361 g/mol. The second-order valence-electron chi connectivity index (χ2n) is 6.88. The maximum absolute atomic E-state index is 13.9. The van der Waals surface area contributed by atoms with Gasteiger partial charge in [-0.05, 0) is 31.4 Å². The maximum atomic E-state index is 13.9. The van der Waals surface area contributed by atoms with E-state index in [0.29, 0.717) is 28.9 Å². The zero-order valence-electron chi connectivity index (χ0n) is 14.9. The van der Waals surface area contributed by atoms with E-state index in [1.165, 1.54) is 17.4 Å². The number of anilines is 1. The molecule has 0 unspecified atom stereocenters. The molecule has 0 radical (unpaired) electrons. The highest BCUT2D eigenvalue weighted by molar-refractivity contribution is 7.13. The Morgan fingerprint density at radius 2 is 2.20 bits per heavy atom. The standard InChI is InChI=1S/C19H24FN3OS/c1-12(2)19-22-13(3)17(25-19)18(24)21-10-14-8-9-23(11-14)16-7-5-4-6-15(16)20/h4-7,12,14H,8-11H2,1-3H3,(H,21,24)/t14-/m0/s1. The van der Waals surface area contributed by atoms with E-state index in [-0.39, 0.29) is 11.7 Å². The number of thiazole rings is 1. The lowest BCUT2D eigenvalue weighted by Crippen LogP contribution is -2.31. The number of carbonyl (C=O) groups excluding carboxylic acids is 1. The van der Waals surface area contributed by atoms with Gasteiger partial charge in [0.05, 0.1) is 16.4 Å². The number of hydrogen-bond acceptors (Lipinski definition) is 4. The lowest BCUT2D eigenvalue weighted by Gasteiger charge is -2.19. The zero-order valence-corrected chi connectivity index (χ0v) is 15.7. The molecule has 1 aliphatic rings. The monoisotopic (exact) mass is 361 g/mol. The van der Waals surface area contributed by atoms with E-state index < -0.39 is 0 Å². The van der Waals surface area contributed by atoms with Crippen molar-refractivity contribution in [1.29, 1.82) is 0 Å². The van der Waals surface area contributed by atoms with Gasteiger partial charge in [-0.1, -0.05) is 26.0 Å². The van der Waals surface area contributed by atoms with Gasteiger partial charge in [-0.25, -0.2) is 9.37 Å². The Hall–Kier alpha value is -1.95. The summed E-state index contributed by atoms with van der Waals surface area (Å²) in [5, 5.41) is 4.03. The molecule has 1 atom stereocenters. The van der Waals surface area contributed by atoms with Crippen molar-refractivity contribution in [3.05, 3.63) is 45.7 Å². The first kappa shape index (κ1) is 17.9. The molecule has 1 saturated heterocycles. The van der Waals surface area contributed by atoms with Gasteiger partial charge in [0.2, 0.25) is 0 Å². The quantitative estimate of drug-likeness (QED) is 0.876. The fourth-order valence-corrected chi connectivity index (χ4v) is 4.10. The Morgan fingerprint density at radius 3 is 2.88 bits per heavy atom. The van der Waals surface area contributed by atoms with Gasteiger partial charge in [-0.3, -0.25) is 4.79 Å². The second-order valence-corrected chi connectivity index (χ2v) is 7.91. The Kier molecular flexibility index (Phi) is 5.37. The summed E-state index contributed by atoms with van der Waals surface area (Å²) in [5.41, 5.74) is 1.45. The van der Waals surface area contributed by atoms with E-state index in [9.17, 15) is 9.18 Å². The van der Waals surface area contributed by atoms with Gasteiger partial charge in [0.1, 0.15) is 10.7 Å². The molecule has 0 saturated carbocycles. The first-order chi connectivity index (χ1) is 12.0. The first-order valence-electron chi connectivity index (χ1n) is 8.70. The molecule has 1 fully saturated rings. The Labute approximate surface area is 152 Å². The number of nitrogens with zero attached hydrogens (tertiary/aromatic N) is 2. The van der Waals surface area contributed by atoms with Crippen LogP contribution in [0.4, 0.5) is 10.1 Å². The van der Waals surface area contributed by atoms with Crippen molar-refractivity contribution < 1.29 is 9.18 Å². The number of rotatable bonds is 5. The highest BCUT2D eigenvalue weighted by Crippen LogP contribution is 2.27. The molecule has 1 aliphatic heterocycles. The fourth-order valence-electron chi connectivity index (χ4n) is 3.12. The summed E-state index contributed by atoms with van der Waals surface area (Å²) >= 11 is 1.47. The second kappa shape index (κ2) is 7.52. The van der Waals surface area contributed by atoms with Crippen LogP contribution in [-0.2, 0) is 0 Å². The van der Waals surface area contributed by atoms with Gasteiger partial charge in [-0.15, -0.1) is 11.3 Å². The van der Waals surface area contributed by atoms with Crippen LogP contribution >= 0.6 is 11.3 Å². The topological polar surface area (TPSA) is 45.2 Å². The van der Waals surface area contributed by atoms with Crippen molar-refractivity contribution in [2.45, 2.75) is 33.1 Å². The lowest BCUT2D eigenvalue weighted by molar-refractivity contribution is 0.0951. The summed E-state index contributed by atoms with van der Waals surface area (Å²) in [6.07, 6.45) is 0.952. The van der Waals surface area contributed by atoms with Crippen LogP contribution < -0.4 is 10.2 Å². The minimum absolute atomic E-state index is 0.0498. The molecular formula is C19H24FN3OS. The number of carbonyl (C=O) groups is 1. The van der Waals surface area contributed by atoms with E-state index in [1.54, 1.807) is 6.07 Å². The van der Waals surface area contributed by atoms with Crippen LogP contribution in [-0.4, -0.2) is 30.5 Å². The number of benzene rings is 1. The Bertz CT molecular complexity index is 759. The summed E-state index contributed by atoms with van der Waals surface area (Å²) in [6.45, 7) is 8.23. The van der Waals surface area contributed by atoms with Crippen LogP contribution in [0.5, 0.6) is 0 Å². The molecule has 3 rings (SSSR count). The molecule has 1 aromatic heterocycles. The molecule has 4 nitrogen and oxygen atoms in total. The summed E-state index contributed by atoms with van der Waals surface area (Å²) in [5.74, 6) is 0.427. The number of aryl methyl sites for hydroxylation is 1. The van der Waals surface area contributed by atoms with Crippen molar-refractivity contribution in [2.75, 3.05) is 24.5 Å². The highest BCUT2D eigenvalue weighted by atomic mass is 32.1. The molecule has 2 aromatic rings. The smallest absolute Gasteiger partial charge is 0.263 e. The minimum atomic E-state index is -0.186. The van der Waals surface area contributed by atoms with Crippen molar-refractivity contribution >= 4 is 22.9 Å². The van der Waals surface area contributed by atoms with E-state index in [4.69, 9.17) is 0 Å². The molecule has 1 N–H and O–H groups in total. The van der Waals surface area contributed by atoms with E-state index >= 15 is 0 Å². The molecule has 0 aliphatic carbocycles. The van der Waals surface area contributed by atoms with Crippen LogP contribution in [0.25, 0.3) is 0 Å². The van der Waals surface area contributed by atoms with Crippen LogP contribution in [0.2, 0.25) is 0 Å². The summed E-state index contributed by atoms with van der Waals surface area (Å²) in [4.78, 5) is 19.7. The van der Waals surface area contributed by atoms with Gasteiger partial charge in [0, 0.05) is 25.6 Å². The predicted molar refractivity (Wildman–Crippen MR) is 100.0 cm³/mol. The number of nitrogens with one attached hydrogen (secondary N) is 1. The van der Waals surface area contributed by atoms with Crippen molar-refractivity contribution in [1.82, 2.24) is 10.3 Å². The molecular weight excluding hydrogens is 337 g/mol. The Morgan fingerprint density at radius 1 is 1.44 bits per heavy atom. The number of hydrogen-bond donors (Lipinski definition) is 1. The van der Waals surface area contributed by atoms with Crippen molar-refractivity contribution in [2.24, 2.45) is 5.92 Å². The number of halogens is 1. The third-order valence-corrected chi connectivity index (χ3v) is 6.00. The third kappa shape index (κ3) is 4.00. The first-order valence-corrected chi connectivity index (χ1v) is 9.52. The minimum Gasteiger partial charge on any atom is -0.369 e.